The number of nitriles is 2. The van der Waals surface area contributed by atoms with E-state index in [1.54, 1.807) is 24.3 Å². The summed E-state index contributed by atoms with van der Waals surface area (Å²) in [6, 6.07) is 54.5. The van der Waals surface area contributed by atoms with E-state index in [0.717, 1.165) is 55.2 Å². The van der Waals surface area contributed by atoms with E-state index in [9.17, 15) is 20.1 Å². The lowest BCUT2D eigenvalue weighted by atomic mass is 9.97. The van der Waals surface area contributed by atoms with E-state index in [4.69, 9.17) is 0 Å². The first kappa shape index (κ1) is 30.5. The zero-order chi connectivity index (χ0) is 35.3. The van der Waals surface area contributed by atoms with Crippen LogP contribution in [0.25, 0.3) is 60.9 Å². The summed E-state index contributed by atoms with van der Waals surface area (Å²) >= 11 is 0. The molecule has 0 radical (unpaired) electrons. The maximum atomic E-state index is 14.8. The van der Waals surface area contributed by atoms with Crippen LogP contribution in [0, 0.1) is 22.7 Å². The first-order chi connectivity index (χ1) is 25.6. The van der Waals surface area contributed by atoms with Gasteiger partial charge in [-0.25, -0.2) is 4.90 Å². The van der Waals surface area contributed by atoms with Crippen LogP contribution in [0.15, 0.2) is 158 Å². The molecule has 0 atom stereocenters. The molecule has 242 valence electrons. The van der Waals surface area contributed by atoms with E-state index in [1.165, 1.54) is 4.90 Å². The maximum Gasteiger partial charge on any atom is 0.268 e. The van der Waals surface area contributed by atoms with Crippen molar-refractivity contribution in [3.05, 3.63) is 180 Å². The Hall–Kier alpha value is -7.54. The molecule has 7 aromatic carbocycles. The summed E-state index contributed by atoms with van der Waals surface area (Å²) in [5.74, 6) is -0.770. The van der Waals surface area contributed by atoms with Crippen molar-refractivity contribution >= 4 is 39.3 Å². The van der Waals surface area contributed by atoms with Gasteiger partial charge in [-0.15, -0.1) is 0 Å². The minimum absolute atomic E-state index is 0.335. The highest BCUT2D eigenvalue weighted by molar-refractivity contribution is 6.36. The molecule has 1 aliphatic heterocycles. The van der Waals surface area contributed by atoms with Gasteiger partial charge in [-0.2, -0.15) is 10.5 Å². The molecule has 0 saturated heterocycles. The Morgan fingerprint density at radius 2 is 1.13 bits per heavy atom. The van der Waals surface area contributed by atoms with Crippen LogP contribution in [0.5, 0.6) is 0 Å². The van der Waals surface area contributed by atoms with Crippen molar-refractivity contribution in [3.8, 4) is 51.2 Å². The van der Waals surface area contributed by atoms with Gasteiger partial charge in [0.05, 0.1) is 56.8 Å². The van der Waals surface area contributed by atoms with Gasteiger partial charge in [0.25, 0.3) is 11.8 Å². The highest BCUT2D eigenvalue weighted by atomic mass is 16.2. The predicted octanol–water partition coefficient (Wildman–Crippen LogP) is 10.3. The van der Waals surface area contributed by atoms with Crippen molar-refractivity contribution in [3.63, 3.8) is 0 Å². The maximum absolute atomic E-state index is 14.8. The number of hydrogen-bond acceptors (Lipinski definition) is 4. The molecule has 0 fully saturated rings. The van der Waals surface area contributed by atoms with Crippen LogP contribution in [0.2, 0.25) is 0 Å². The molecule has 2 heterocycles. The fourth-order valence-electron chi connectivity index (χ4n) is 7.42. The molecule has 1 aliphatic rings. The largest absolute Gasteiger partial charge is 0.308 e. The van der Waals surface area contributed by atoms with Crippen molar-refractivity contribution in [2.75, 3.05) is 4.90 Å². The third kappa shape index (κ3) is 4.71. The summed E-state index contributed by atoms with van der Waals surface area (Å²) < 4.78 is 2.05. The van der Waals surface area contributed by atoms with Gasteiger partial charge < -0.3 is 4.57 Å². The number of anilines is 1. The topological polar surface area (TPSA) is 89.9 Å². The summed E-state index contributed by atoms with van der Waals surface area (Å²) in [7, 11) is 0. The second kappa shape index (κ2) is 12.1. The Labute approximate surface area is 299 Å². The lowest BCUT2D eigenvalue weighted by Crippen LogP contribution is -2.30. The molecule has 0 N–H and O–H groups in total. The van der Waals surface area contributed by atoms with E-state index in [-0.39, 0.29) is 5.91 Å². The van der Waals surface area contributed by atoms with Gasteiger partial charge in [0.1, 0.15) is 0 Å². The van der Waals surface area contributed by atoms with Crippen LogP contribution in [0.1, 0.15) is 31.8 Å². The molecule has 52 heavy (non-hydrogen) atoms. The van der Waals surface area contributed by atoms with Gasteiger partial charge >= 0.3 is 0 Å². The molecule has 0 bridgehead atoms. The Bertz CT molecular complexity index is 2860. The monoisotopic (exact) mass is 666 g/mol. The van der Waals surface area contributed by atoms with Gasteiger partial charge in [-0.05, 0) is 76.3 Å². The number of carbonyl (C=O) groups is 2. The Kier molecular flexibility index (Phi) is 7.10. The van der Waals surface area contributed by atoms with Gasteiger partial charge in [0, 0.05) is 16.3 Å². The highest BCUT2D eigenvalue weighted by Crippen LogP contribution is 2.42. The van der Waals surface area contributed by atoms with E-state index in [0.29, 0.717) is 33.6 Å². The van der Waals surface area contributed by atoms with Crippen LogP contribution in [-0.4, -0.2) is 16.4 Å². The number of amides is 2. The molecular weight excluding hydrogens is 641 g/mol. The fraction of sp³-hybridized carbons (Fsp3) is 0. The molecule has 8 aromatic rings. The lowest BCUT2D eigenvalue weighted by molar-refractivity contribution is 0.0926. The lowest BCUT2D eigenvalue weighted by Gasteiger charge is -2.20. The van der Waals surface area contributed by atoms with Crippen LogP contribution >= 0.6 is 0 Å². The van der Waals surface area contributed by atoms with Gasteiger partial charge in [0.15, 0.2) is 0 Å². The number of hydrogen-bond donors (Lipinski definition) is 0. The molecule has 0 saturated carbocycles. The molecule has 0 aliphatic carbocycles. The Morgan fingerprint density at radius 1 is 0.442 bits per heavy atom. The summed E-state index contributed by atoms with van der Waals surface area (Å²) in [5, 5.41) is 21.2. The quantitative estimate of drug-likeness (QED) is 0.171. The molecule has 6 nitrogen and oxygen atoms in total. The molecule has 2 amide bonds. The predicted molar refractivity (Wildman–Crippen MR) is 204 cm³/mol. The second-order valence-corrected chi connectivity index (χ2v) is 12.7. The van der Waals surface area contributed by atoms with Crippen molar-refractivity contribution < 1.29 is 9.59 Å². The van der Waals surface area contributed by atoms with Crippen molar-refractivity contribution in [1.29, 1.82) is 10.5 Å². The Morgan fingerprint density at radius 3 is 1.90 bits per heavy atom. The zero-order valence-corrected chi connectivity index (χ0v) is 27.6. The second-order valence-electron chi connectivity index (χ2n) is 12.7. The van der Waals surface area contributed by atoms with Crippen LogP contribution in [0.3, 0.4) is 0 Å². The number of fused-ring (bicyclic) bond motifs is 4. The van der Waals surface area contributed by atoms with Crippen molar-refractivity contribution in [1.82, 2.24) is 4.57 Å². The number of para-hydroxylation sites is 1. The van der Waals surface area contributed by atoms with E-state index in [2.05, 4.69) is 12.1 Å². The van der Waals surface area contributed by atoms with Gasteiger partial charge in [0.2, 0.25) is 0 Å². The number of rotatable bonds is 5. The van der Waals surface area contributed by atoms with Crippen LogP contribution < -0.4 is 4.90 Å². The average molecular weight is 667 g/mol. The Balaban J connectivity index is 1.23. The smallest absolute Gasteiger partial charge is 0.268 e. The normalized spacial score (nSPS) is 12.2. The summed E-state index contributed by atoms with van der Waals surface area (Å²) in [6.45, 7) is 0. The average Bonchev–Trinajstić information content (AvgIpc) is 3.67. The van der Waals surface area contributed by atoms with Crippen molar-refractivity contribution in [2.24, 2.45) is 0 Å². The van der Waals surface area contributed by atoms with Crippen LogP contribution in [-0.2, 0) is 0 Å². The fourth-order valence-corrected chi connectivity index (χ4v) is 7.42. The number of carbonyl (C=O) groups excluding carboxylic acids is 2. The SMILES string of the molecule is N#Cc1ccc(-c2ccc3c(c2)c2ccccc2n3-c2cccc3c2C(=O)N(c2cc(-c4ccccc4)ccc2-c2ccccc2)C3=O)c(C#N)c1. The van der Waals surface area contributed by atoms with E-state index < -0.39 is 5.91 Å². The number of imide groups is 1. The molecule has 0 unspecified atom stereocenters. The van der Waals surface area contributed by atoms with E-state index >= 15 is 0 Å². The highest BCUT2D eigenvalue weighted by Gasteiger charge is 2.40. The summed E-state index contributed by atoms with van der Waals surface area (Å²) in [4.78, 5) is 30.6. The molecule has 1 aromatic heterocycles. The number of benzene rings is 7. The third-order valence-electron chi connectivity index (χ3n) is 9.82. The number of aromatic nitrogens is 1. The molecular formula is C46H26N4O2. The molecule has 9 rings (SSSR count). The van der Waals surface area contributed by atoms with Gasteiger partial charge in [-0.3, -0.25) is 9.59 Å². The summed E-state index contributed by atoms with van der Waals surface area (Å²) in [6.07, 6.45) is 0. The van der Waals surface area contributed by atoms with Crippen molar-refractivity contribution in [2.45, 2.75) is 0 Å². The third-order valence-corrected chi connectivity index (χ3v) is 9.82. The minimum atomic E-state index is -0.392. The van der Waals surface area contributed by atoms with Crippen LogP contribution in [0.4, 0.5) is 5.69 Å². The first-order valence-electron chi connectivity index (χ1n) is 16.8. The number of nitrogens with zero attached hydrogens (tertiary/aromatic N) is 4. The molecule has 6 heteroatoms. The first-order valence-corrected chi connectivity index (χ1v) is 16.8. The standard InChI is InChI=1S/C46H26N4O2/c47-27-29-18-21-35(34(24-29)28-48)33-20-23-41-39(25-33)37-14-7-8-16-40(37)49(41)42-17-9-15-38-44(42)46(52)50(45(38)51)43-26-32(30-10-3-1-4-11-30)19-22-36(43)31-12-5-2-6-13-31/h1-26H. The minimum Gasteiger partial charge on any atom is -0.308 e. The summed E-state index contributed by atoms with van der Waals surface area (Å²) in [5.41, 5.74) is 9.47. The van der Waals surface area contributed by atoms with E-state index in [1.807, 2.05) is 138 Å². The zero-order valence-electron chi connectivity index (χ0n) is 27.6. The van der Waals surface area contributed by atoms with Gasteiger partial charge in [-0.1, -0.05) is 109 Å². The molecule has 0 spiro atoms.